The number of hydrogen-bond acceptors (Lipinski definition) is 6. The Balaban J connectivity index is 1.68. The van der Waals surface area contributed by atoms with E-state index in [0.717, 1.165) is 17.1 Å². The highest BCUT2D eigenvalue weighted by Crippen LogP contribution is 2.38. The van der Waals surface area contributed by atoms with Crippen LogP contribution in [0.15, 0.2) is 28.6 Å². The zero-order valence-corrected chi connectivity index (χ0v) is 17.3. The predicted molar refractivity (Wildman–Crippen MR) is 109 cm³/mol. The van der Waals surface area contributed by atoms with Gasteiger partial charge in [-0.1, -0.05) is 23.7 Å². The molecule has 1 fully saturated rings. The highest BCUT2D eigenvalue weighted by Gasteiger charge is 2.35. The van der Waals surface area contributed by atoms with Crippen LogP contribution < -0.4 is 0 Å². The van der Waals surface area contributed by atoms with Crippen molar-refractivity contribution in [3.8, 4) is 0 Å². The lowest BCUT2D eigenvalue weighted by molar-refractivity contribution is -0.117. The third-order valence-electron chi connectivity index (χ3n) is 4.97. The van der Waals surface area contributed by atoms with Crippen molar-refractivity contribution in [2.45, 2.75) is 45.6 Å². The van der Waals surface area contributed by atoms with Gasteiger partial charge in [0.1, 0.15) is 5.76 Å². The summed E-state index contributed by atoms with van der Waals surface area (Å²) in [7, 11) is 0. The van der Waals surface area contributed by atoms with Crippen LogP contribution in [-0.4, -0.2) is 28.1 Å². The topological polar surface area (TPSA) is 58.9 Å². The van der Waals surface area contributed by atoms with E-state index in [1.165, 1.54) is 23.5 Å². The van der Waals surface area contributed by atoms with Gasteiger partial charge >= 0.3 is 0 Å². The van der Waals surface area contributed by atoms with Gasteiger partial charge in [-0.2, -0.15) is 11.8 Å². The van der Waals surface area contributed by atoms with E-state index in [1.54, 1.807) is 0 Å². The number of oxime groups is 1. The number of thiophene rings is 1. The first kappa shape index (κ1) is 19.8. The molecule has 142 valence electrons. The summed E-state index contributed by atoms with van der Waals surface area (Å²) in [5.74, 6) is 3.28. The van der Waals surface area contributed by atoms with Gasteiger partial charge in [0, 0.05) is 17.7 Å². The van der Waals surface area contributed by atoms with Crippen molar-refractivity contribution in [1.82, 2.24) is 0 Å². The number of halogens is 1. The van der Waals surface area contributed by atoms with Crippen molar-refractivity contribution in [2.75, 3.05) is 11.5 Å². The average Bonchev–Trinajstić information content (AvgIpc) is 3.05. The standard InChI is InChI=1S/C19H24ClNO3S2/c1-2-15(21-24-10-14-5-6-18(20)26-14)19-16(22)8-13(9-17(19)23)12-4-3-7-25-11-12/h5-6,12-13,22H,2-4,7-11H2,1H3/b21-15-. The Morgan fingerprint density at radius 1 is 1.38 bits per heavy atom. The molecule has 1 aliphatic heterocycles. The van der Waals surface area contributed by atoms with Crippen LogP contribution in [0.1, 0.15) is 43.9 Å². The number of thioether (sulfide) groups is 1. The zero-order valence-electron chi connectivity index (χ0n) is 14.9. The van der Waals surface area contributed by atoms with Crippen LogP contribution in [0, 0.1) is 11.8 Å². The lowest BCUT2D eigenvalue weighted by Crippen LogP contribution is -2.30. The fourth-order valence-corrected chi connectivity index (χ4v) is 5.89. The molecule has 0 amide bonds. The molecule has 7 heteroatoms. The summed E-state index contributed by atoms with van der Waals surface area (Å²) >= 11 is 9.31. The third kappa shape index (κ3) is 4.84. The van der Waals surface area contributed by atoms with Gasteiger partial charge in [0.15, 0.2) is 12.4 Å². The first-order chi connectivity index (χ1) is 12.6. The fourth-order valence-electron chi connectivity index (χ4n) is 3.61. The Hall–Kier alpha value is -0.980. The molecule has 1 saturated heterocycles. The molecule has 26 heavy (non-hydrogen) atoms. The van der Waals surface area contributed by atoms with Crippen LogP contribution >= 0.6 is 34.7 Å². The Kier molecular flexibility index (Phi) is 7.06. The van der Waals surface area contributed by atoms with E-state index in [1.807, 2.05) is 30.8 Å². The first-order valence-electron chi connectivity index (χ1n) is 9.05. The Labute approximate surface area is 167 Å². The minimum Gasteiger partial charge on any atom is -0.511 e. The first-order valence-corrected chi connectivity index (χ1v) is 11.4. The number of hydrogen-bond donors (Lipinski definition) is 1. The molecule has 1 aromatic heterocycles. The molecule has 4 nitrogen and oxygen atoms in total. The summed E-state index contributed by atoms with van der Waals surface area (Å²) in [4.78, 5) is 19.1. The lowest BCUT2D eigenvalue weighted by atomic mass is 9.77. The summed E-state index contributed by atoms with van der Waals surface area (Å²) in [5, 5.41) is 14.7. The molecule has 2 unspecified atom stereocenters. The van der Waals surface area contributed by atoms with E-state index in [9.17, 15) is 9.90 Å². The Morgan fingerprint density at radius 2 is 2.23 bits per heavy atom. The molecule has 0 radical (unpaired) electrons. The van der Waals surface area contributed by atoms with Crippen LogP contribution in [0.5, 0.6) is 0 Å². The molecule has 1 aromatic rings. The van der Waals surface area contributed by atoms with Gasteiger partial charge in [-0.05, 0) is 54.7 Å². The molecule has 2 atom stereocenters. The van der Waals surface area contributed by atoms with E-state index in [0.29, 0.717) is 47.4 Å². The number of carbonyl (C=O) groups excluding carboxylic acids is 1. The van der Waals surface area contributed by atoms with Gasteiger partial charge in [0.05, 0.1) is 15.6 Å². The fraction of sp³-hybridized carbons (Fsp3) is 0.579. The maximum absolute atomic E-state index is 12.7. The maximum atomic E-state index is 12.7. The SMILES string of the molecule is CC/C(=N/OCc1ccc(Cl)s1)C1=C(O)CC(C2CCCSC2)CC1=O. The van der Waals surface area contributed by atoms with Crippen molar-refractivity contribution in [3.05, 3.63) is 32.7 Å². The van der Waals surface area contributed by atoms with E-state index < -0.39 is 0 Å². The van der Waals surface area contributed by atoms with Crippen LogP contribution in [0.2, 0.25) is 4.34 Å². The smallest absolute Gasteiger partial charge is 0.168 e. The summed E-state index contributed by atoms with van der Waals surface area (Å²) in [6.07, 6.45) is 3.99. The summed E-state index contributed by atoms with van der Waals surface area (Å²) in [6.45, 7) is 2.23. The maximum Gasteiger partial charge on any atom is 0.168 e. The number of aliphatic hydroxyl groups is 1. The molecule has 2 heterocycles. The molecule has 1 N–H and O–H groups in total. The number of rotatable bonds is 6. The molecule has 3 rings (SSSR count). The van der Waals surface area contributed by atoms with Gasteiger partial charge < -0.3 is 9.94 Å². The second-order valence-electron chi connectivity index (χ2n) is 6.76. The molecule has 0 saturated carbocycles. The molecule has 0 spiro atoms. The lowest BCUT2D eigenvalue weighted by Gasteiger charge is -2.32. The minimum absolute atomic E-state index is 0.00214. The second kappa shape index (κ2) is 9.29. The Morgan fingerprint density at radius 3 is 2.85 bits per heavy atom. The second-order valence-corrected chi connectivity index (χ2v) is 9.71. The number of allylic oxidation sites excluding steroid dienone is 2. The predicted octanol–water partition coefficient (Wildman–Crippen LogP) is 5.62. The van der Waals surface area contributed by atoms with Crippen molar-refractivity contribution in [3.63, 3.8) is 0 Å². The van der Waals surface area contributed by atoms with Crippen molar-refractivity contribution in [1.29, 1.82) is 0 Å². The summed E-state index contributed by atoms with van der Waals surface area (Å²) < 4.78 is 0.707. The summed E-state index contributed by atoms with van der Waals surface area (Å²) in [5.41, 5.74) is 0.906. The monoisotopic (exact) mass is 413 g/mol. The average molecular weight is 414 g/mol. The van der Waals surface area contributed by atoms with E-state index in [-0.39, 0.29) is 17.5 Å². The van der Waals surface area contributed by atoms with Gasteiger partial charge in [0.2, 0.25) is 0 Å². The van der Waals surface area contributed by atoms with Crippen LogP contribution in [0.3, 0.4) is 0 Å². The van der Waals surface area contributed by atoms with Crippen LogP contribution in [0.25, 0.3) is 0 Å². The van der Waals surface area contributed by atoms with Crippen molar-refractivity contribution >= 4 is 46.2 Å². The van der Waals surface area contributed by atoms with E-state index in [4.69, 9.17) is 16.4 Å². The van der Waals surface area contributed by atoms with Gasteiger partial charge in [-0.25, -0.2) is 0 Å². The highest BCUT2D eigenvalue weighted by molar-refractivity contribution is 7.99. The number of Topliss-reactive ketones (excluding diaryl/α,β-unsaturated/α-hetero) is 1. The van der Waals surface area contributed by atoms with Crippen LogP contribution in [-0.2, 0) is 16.2 Å². The van der Waals surface area contributed by atoms with E-state index in [2.05, 4.69) is 5.16 Å². The highest BCUT2D eigenvalue weighted by atomic mass is 35.5. The Bertz CT molecular complexity index is 707. The number of ketones is 1. The molecular formula is C19H24ClNO3S2. The van der Waals surface area contributed by atoms with Crippen LogP contribution in [0.4, 0.5) is 0 Å². The number of aliphatic hydroxyl groups excluding tert-OH is 1. The largest absolute Gasteiger partial charge is 0.511 e. The van der Waals surface area contributed by atoms with Gasteiger partial charge in [0.25, 0.3) is 0 Å². The quantitative estimate of drug-likeness (QED) is 0.485. The van der Waals surface area contributed by atoms with Crippen molar-refractivity contribution < 1.29 is 14.7 Å². The minimum atomic E-state index is -0.00214. The number of nitrogens with zero attached hydrogens (tertiary/aromatic N) is 1. The number of carbonyl (C=O) groups is 1. The molecule has 1 aliphatic carbocycles. The third-order valence-corrected chi connectivity index (χ3v) is 7.41. The zero-order chi connectivity index (χ0) is 18.5. The molecular weight excluding hydrogens is 390 g/mol. The van der Waals surface area contributed by atoms with Gasteiger partial charge in [-0.15, -0.1) is 11.3 Å². The normalized spacial score (nSPS) is 24.8. The molecule has 0 bridgehead atoms. The molecule has 2 aliphatic rings. The molecule has 0 aromatic carbocycles. The summed E-state index contributed by atoms with van der Waals surface area (Å²) in [6, 6.07) is 3.71. The van der Waals surface area contributed by atoms with E-state index >= 15 is 0 Å². The van der Waals surface area contributed by atoms with Gasteiger partial charge in [-0.3, -0.25) is 4.79 Å². The van der Waals surface area contributed by atoms with Crippen molar-refractivity contribution in [2.24, 2.45) is 17.0 Å².